The lowest BCUT2D eigenvalue weighted by Crippen LogP contribution is -2.28. The van der Waals surface area contributed by atoms with Gasteiger partial charge >= 0.3 is 0 Å². The number of piperidine rings is 1. The van der Waals surface area contributed by atoms with E-state index in [0.717, 1.165) is 42.8 Å². The molecule has 1 saturated heterocycles. The molecule has 5 heteroatoms. The number of aryl methyl sites for hydroxylation is 2. The molecule has 2 aromatic rings. The molecule has 1 unspecified atom stereocenters. The van der Waals surface area contributed by atoms with Crippen LogP contribution in [0.15, 0.2) is 30.5 Å². The zero-order valence-electron chi connectivity index (χ0n) is 14.7. The van der Waals surface area contributed by atoms with Gasteiger partial charge in [0.15, 0.2) is 0 Å². The molecule has 24 heavy (non-hydrogen) atoms. The Bertz CT molecular complexity index is 716. The number of rotatable bonds is 4. The molecule has 1 aliphatic rings. The third kappa shape index (κ3) is 3.67. The van der Waals surface area contributed by atoms with Gasteiger partial charge in [-0.05, 0) is 63.4 Å². The maximum atomic E-state index is 12.6. The Kier molecular flexibility index (Phi) is 5.00. The van der Waals surface area contributed by atoms with Crippen LogP contribution in [0.2, 0.25) is 0 Å². The van der Waals surface area contributed by atoms with E-state index >= 15 is 0 Å². The normalized spacial score (nSPS) is 16.8. The van der Waals surface area contributed by atoms with Gasteiger partial charge < -0.3 is 10.6 Å². The molecule has 2 heterocycles. The molecule has 0 aliphatic carbocycles. The minimum Gasteiger partial charge on any atom is -0.345 e. The van der Waals surface area contributed by atoms with Gasteiger partial charge in [-0.1, -0.05) is 12.1 Å². The minimum atomic E-state index is -0.0614. The van der Waals surface area contributed by atoms with Crippen molar-refractivity contribution in [3.8, 4) is 0 Å². The average Bonchev–Trinajstić information content (AvgIpc) is 2.94. The largest absolute Gasteiger partial charge is 0.345 e. The predicted molar refractivity (Wildman–Crippen MR) is 95.1 cm³/mol. The van der Waals surface area contributed by atoms with Crippen LogP contribution in [0.3, 0.4) is 0 Å². The number of benzene rings is 1. The maximum absolute atomic E-state index is 12.6. The summed E-state index contributed by atoms with van der Waals surface area (Å²) in [5.41, 5.74) is 4.02. The Morgan fingerprint density at radius 1 is 1.38 bits per heavy atom. The number of aromatic nitrogens is 2. The van der Waals surface area contributed by atoms with Crippen LogP contribution in [0.25, 0.3) is 0 Å². The van der Waals surface area contributed by atoms with Crippen LogP contribution < -0.4 is 10.6 Å². The van der Waals surface area contributed by atoms with Crippen molar-refractivity contribution in [3.63, 3.8) is 0 Å². The van der Waals surface area contributed by atoms with E-state index in [-0.39, 0.29) is 11.9 Å². The Morgan fingerprint density at radius 3 is 2.79 bits per heavy atom. The van der Waals surface area contributed by atoms with Crippen molar-refractivity contribution in [3.05, 3.63) is 52.8 Å². The quantitative estimate of drug-likeness (QED) is 0.908. The highest BCUT2D eigenvalue weighted by Crippen LogP contribution is 2.26. The van der Waals surface area contributed by atoms with E-state index in [1.807, 2.05) is 45.3 Å². The highest BCUT2D eigenvalue weighted by molar-refractivity contribution is 5.94. The van der Waals surface area contributed by atoms with Crippen LogP contribution in [0.5, 0.6) is 0 Å². The van der Waals surface area contributed by atoms with Crippen molar-refractivity contribution in [1.82, 2.24) is 20.4 Å². The molecule has 5 nitrogen and oxygen atoms in total. The SMILES string of the molecule is Cc1nn(C)cc1C(C)NC(=O)c1cccc(C2CCNCC2)c1. The van der Waals surface area contributed by atoms with Crippen molar-refractivity contribution >= 4 is 5.91 Å². The molecule has 3 rings (SSSR count). The second-order valence-corrected chi connectivity index (χ2v) is 6.69. The number of amides is 1. The van der Waals surface area contributed by atoms with Gasteiger partial charge in [0.05, 0.1) is 11.7 Å². The van der Waals surface area contributed by atoms with Gasteiger partial charge in [-0.2, -0.15) is 5.10 Å². The molecular formula is C19H26N4O. The standard InChI is InChI=1S/C19H26N4O/c1-13(18-12-23(3)22-14(18)2)21-19(24)17-6-4-5-16(11-17)15-7-9-20-10-8-15/h4-6,11-13,15,20H,7-10H2,1-3H3,(H,21,24). The number of carbonyl (C=O) groups is 1. The van der Waals surface area contributed by atoms with E-state index in [4.69, 9.17) is 0 Å². The summed E-state index contributed by atoms with van der Waals surface area (Å²) in [6.07, 6.45) is 4.23. The fourth-order valence-corrected chi connectivity index (χ4v) is 3.49. The Balaban J connectivity index is 1.71. The lowest BCUT2D eigenvalue weighted by Gasteiger charge is -2.23. The molecule has 0 bridgehead atoms. The van der Waals surface area contributed by atoms with E-state index in [0.29, 0.717) is 5.92 Å². The maximum Gasteiger partial charge on any atom is 0.251 e. The fourth-order valence-electron chi connectivity index (χ4n) is 3.49. The van der Waals surface area contributed by atoms with E-state index in [2.05, 4.69) is 21.8 Å². The average molecular weight is 326 g/mol. The Labute approximate surface area is 143 Å². The minimum absolute atomic E-state index is 0.0264. The summed E-state index contributed by atoms with van der Waals surface area (Å²) in [5.74, 6) is 0.526. The number of hydrogen-bond donors (Lipinski definition) is 2. The second kappa shape index (κ2) is 7.18. The van der Waals surface area contributed by atoms with Gasteiger partial charge in [0.25, 0.3) is 5.91 Å². The molecule has 128 valence electrons. The smallest absolute Gasteiger partial charge is 0.251 e. The second-order valence-electron chi connectivity index (χ2n) is 6.69. The first-order chi connectivity index (χ1) is 11.5. The van der Waals surface area contributed by atoms with E-state index in [9.17, 15) is 4.79 Å². The molecule has 2 N–H and O–H groups in total. The van der Waals surface area contributed by atoms with Gasteiger partial charge in [-0.3, -0.25) is 9.48 Å². The number of nitrogens with one attached hydrogen (secondary N) is 2. The molecule has 1 atom stereocenters. The van der Waals surface area contributed by atoms with Gasteiger partial charge in [0, 0.05) is 24.4 Å². The van der Waals surface area contributed by atoms with Crippen LogP contribution in [-0.4, -0.2) is 28.8 Å². The summed E-state index contributed by atoms with van der Waals surface area (Å²) in [7, 11) is 1.90. The third-order valence-corrected chi connectivity index (χ3v) is 4.82. The summed E-state index contributed by atoms with van der Waals surface area (Å²) >= 11 is 0. The molecular weight excluding hydrogens is 300 g/mol. The summed E-state index contributed by atoms with van der Waals surface area (Å²) in [6.45, 7) is 6.07. The van der Waals surface area contributed by atoms with Gasteiger partial charge in [0.2, 0.25) is 0 Å². The number of carbonyl (C=O) groups excluding carboxylic acids is 1. The number of hydrogen-bond acceptors (Lipinski definition) is 3. The van der Waals surface area contributed by atoms with Crippen molar-refractivity contribution in [2.24, 2.45) is 7.05 Å². The van der Waals surface area contributed by atoms with Crippen LogP contribution in [0.1, 0.15) is 58.9 Å². The first-order valence-corrected chi connectivity index (χ1v) is 8.66. The lowest BCUT2D eigenvalue weighted by molar-refractivity contribution is 0.0939. The summed E-state index contributed by atoms with van der Waals surface area (Å²) < 4.78 is 1.78. The predicted octanol–water partition coefficient (Wildman–Crippen LogP) is 2.69. The van der Waals surface area contributed by atoms with E-state index in [1.54, 1.807) is 4.68 Å². The van der Waals surface area contributed by atoms with Gasteiger partial charge in [-0.15, -0.1) is 0 Å². The van der Waals surface area contributed by atoms with Crippen molar-refractivity contribution in [2.75, 3.05) is 13.1 Å². The topological polar surface area (TPSA) is 59.0 Å². The molecule has 1 aromatic carbocycles. The lowest BCUT2D eigenvalue weighted by atomic mass is 9.89. The first kappa shape index (κ1) is 16.7. The summed E-state index contributed by atoms with van der Waals surface area (Å²) in [5, 5.41) is 10.8. The van der Waals surface area contributed by atoms with Crippen LogP contribution in [0.4, 0.5) is 0 Å². The highest BCUT2D eigenvalue weighted by atomic mass is 16.1. The molecule has 1 amide bonds. The first-order valence-electron chi connectivity index (χ1n) is 8.66. The van der Waals surface area contributed by atoms with Gasteiger partial charge in [0.1, 0.15) is 0 Å². The third-order valence-electron chi connectivity index (χ3n) is 4.82. The van der Waals surface area contributed by atoms with Crippen LogP contribution in [-0.2, 0) is 7.05 Å². The Morgan fingerprint density at radius 2 is 2.12 bits per heavy atom. The molecule has 0 saturated carbocycles. The van der Waals surface area contributed by atoms with E-state index < -0.39 is 0 Å². The molecule has 1 aromatic heterocycles. The van der Waals surface area contributed by atoms with Gasteiger partial charge in [-0.25, -0.2) is 0 Å². The Hall–Kier alpha value is -2.14. The van der Waals surface area contributed by atoms with E-state index in [1.165, 1.54) is 5.56 Å². The van der Waals surface area contributed by atoms with Crippen LogP contribution >= 0.6 is 0 Å². The molecule has 1 aliphatic heterocycles. The molecule has 1 fully saturated rings. The van der Waals surface area contributed by atoms with Crippen molar-refractivity contribution in [1.29, 1.82) is 0 Å². The molecule has 0 radical (unpaired) electrons. The monoisotopic (exact) mass is 326 g/mol. The zero-order chi connectivity index (χ0) is 17.1. The zero-order valence-corrected chi connectivity index (χ0v) is 14.7. The number of nitrogens with zero attached hydrogens (tertiary/aromatic N) is 2. The molecule has 0 spiro atoms. The van der Waals surface area contributed by atoms with Crippen molar-refractivity contribution in [2.45, 2.75) is 38.6 Å². The summed E-state index contributed by atoms with van der Waals surface area (Å²) in [4.78, 5) is 12.6. The van der Waals surface area contributed by atoms with Crippen LogP contribution in [0, 0.1) is 6.92 Å². The highest BCUT2D eigenvalue weighted by Gasteiger charge is 2.18. The fraction of sp³-hybridized carbons (Fsp3) is 0.474. The van der Waals surface area contributed by atoms with Crippen molar-refractivity contribution < 1.29 is 4.79 Å². The summed E-state index contributed by atoms with van der Waals surface area (Å²) in [6, 6.07) is 8.01.